The van der Waals surface area contributed by atoms with Crippen LogP contribution in [0.25, 0.3) is 0 Å². The van der Waals surface area contributed by atoms with Crippen LogP contribution in [-0.4, -0.2) is 23.6 Å². The van der Waals surface area contributed by atoms with E-state index in [1.807, 2.05) is 12.3 Å². The molecule has 0 spiro atoms. The van der Waals surface area contributed by atoms with Crippen molar-refractivity contribution in [1.82, 2.24) is 15.2 Å². The molecule has 1 atom stereocenters. The number of benzene rings is 1. The van der Waals surface area contributed by atoms with E-state index in [4.69, 9.17) is 0 Å². The van der Waals surface area contributed by atoms with E-state index < -0.39 is 0 Å². The number of aliphatic imine (C=N–C) groups is 1. The van der Waals surface area contributed by atoms with Gasteiger partial charge in [0.1, 0.15) is 0 Å². The SMILES string of the molecule is CCCCCC(C)NC(=NC)NCc1ccc(Cn2ccccc2=O)cc1. The van der Waals surface area contributed by atoms with E-state index in [-0.39, 0.29) is 5.56 Å². The molecule has 5 heteroatoms. The summed E-state index contributed by atoms with van der Waals surface area (Å²) in [6.07, 6.45) is 6.74. The Hall–Kier alpha value is -2.56. The second kappa shape index (κ2) is 11.2. The fraction of sp³-hybridized carbons (Fsp3) is 0.455. The molecule has 5 nitrogen and oxygen atoms in total. The Morgan fingerprint density at radius 3 is 2.52 bits per heavy atom. The molecule has 1 unspecified atom stereocenters. The number of hydrogen-bond acceptors (Lipinski definition) is 2. The summed E-state index contributed by atoms with van der Waals surface area (Å²) in [5.74, 6) is 0.832. The molecule has 0 aliphatic heterocycles. The minimum absolute atomic E-state index is 0.0196. The highest BCUT2D eigenvalue weighted by Crippen LogP contribution is 2.06. The fourth-order valence-electron chi connectivity index (χ4n) is 2.94. The zero-order valence-corrected chi connectivity index (χ0v) is 16.7. The van der Waals surface area contributed by atoms with E-state index in [1.54, 1.807) is 23.7 Å². The Labute approximate surface area is 162 Å². The molecule has 0 saturated carbocycles. The third-order valence-electron chi connectivity index (χ3n) is 4.58. The van der Waals surface area contributed by atoms with Crippen molar-refractivity contribution in [2.45, 2.75) is 58.7 Å². The van der Waals surface area contributed by atoms with Gasteiger partial charge < -0.3 is 15.2 Å². The van der Waals surface area contributed by atoms with Gasteiger partial charge in [0.15, 0.2) is 5.96 Å². The van der Waals surface area contributed by atoms with Crippen LogP contribution >= 0.6 is 0 Å². The van der Waals surface area contributed by atoms with E-state index in [0.717, 1.165) is 17.9 Å². The second-order valence-corrected chi connectivity index (χ2v) is 6.95. The zero-order chi connectivity index (χ0) is 19.5. The normalized spacial score (nSPS) is 12.6. The predicted molar refractivity (Wildman–Crippen MR) is 113 cm³/mol. The maximum atomic E-state index is 11.8. The van der Waals surface area contributed by atoms with Crippen LogP contribution in [-0.2, 0) is 13.1 Å². The van der Waals surface area contributed by atoms with Crippen LogP contribution in [0.4, 0.5) is 0 Å². The van der Waals surface area contributed by atoms with Crippen molar-refractivity contribution in [2.24, 2.45) is 4.99 Å². The zero-order valence-electron chi connectivity index (χ0n) is 16.7. The first-order valence-corrected chi connectivity index (χ1v) is 9.83. The van der Waals surface area contributed by atoms with Gasteiger partial charge in [-0.3, -0.25) is 9.79 Å². The van der Waals surface area contributed by atoms with Crippen LogP contribution in [0.1, 0.15) is 50.7 Å². The molecule has 27 heavy (non-hydrogen) atoms. The first-order valence-electron chi connectivity index (χ1n) is 9.83. The number of nitrogens with one attached hydrogen (secondary N) is 2. The molecule has 1 aromatic carbocycles. The van der Waals surface area contributed by atoms with Crippen LogP contribution in [0.3, 0.4) is 0 Å². The number of rotatable bonds is 9. The Kier molecular flexibility index (Phi) is 8.62. The molecule has 0 saturated heterocycles. The van der Waals surface area contributed by atoms with Crippen molar-refractivity contribution < 1.29 is 0 Å². The number of nitrogens with zero attached hydrogens (tertiary/aromatic N) is 2. The maximum absolute atomic E-state index is 11.8. The summed E-state index contributed by atoms with van der Waals surface area (Å²) in [6, 6.07) is 14.0. The number of hydrogen-bond donors (Lipinski definition) is 2. The van der Waals surface area contributed by atoms with Gasteiger partial charge in [-0.25, -0.2) is 0 Å². The van der Waals surface area contributed by atoms with Crippen molar-refractivity contribution in [3.63, 3.8) is 0 Å². The van der Waals surface area contributed by atoms with E-state index >= 15 is 0 Å². The summed E-state index contributed by atoms with van der Waals surface area (Å²) in [6.45, 7) is 5.73. The van der Waals surface area contributed by atoms with Crippen LogP contribution < -0.4 is 16.2 Å². The molecule has 2 N–H and O–H groups in total. The van der Waals surface area contributed by atoms with Crippen molar-refractivity contribution in [1.29, 1.82) is 0 Å². The molecule has 2 rings (SSSR count). The van der Waals surface area contributed by atoms with Crippen molar-refractivity contribution in [3.8, 4) is 0 Å². The molecular weight excluding hydrogens is 336 g/mol. The smallest absolute Gasteiger partial charge is 0.250 e. The van der Waals surface area contributed by atoms with Crippen molar-refractivity contribution in [3.05, 3.63) is 70.1 Å². The fourth-order valence-corrected chi connectivity index (χ4v) is 2.94. The summed E-state index contributed by atoms with van der Waals surface area (Å²) in [7, 11) is 1.80. The van der Waals surface area contributed by atoms with Gasteiger partial charge in [-0.1, -0.05) is 56.5 Å². The molecule has 0 radical (unpaired) electrons. The molecule has 1 aromatic heterocycles. The number of aromatic nitrogens is 1. The van der Waals surface area contributed by atoms with Gasteiger partial charge >= 0.3 is 0 Å². The Balaban J connectivity index is 1.83. The molecule has 0 aliphatic carbocycles. The van der Waals surface area contributed by atoms with Gasteiger partial charge in [0, 0.05) is 31.9 Å². The van der Waals surface area contributed by atoms with Crippen LogP contribution in [0.5, 0.6) is 0 Å². The monoisotopic (exact) mass is 368 g/mol. The average Bonchev–Trinajstić information content (AvgIpc) is 2.68. The Bertz CT molecular complexity index is 764. The van der Waals surface area contributed by atoms with Gasteiger partial charge in [0.2, 0.25) is 0 Å². The Morgan fingerprint density at radius 2 is 1.85 bits per heavy atom. The highest BCUT2D eigenvalue weighted by molar-refractivity contribution is 5.79. The summed E-state index contributed by atoms with van der Waals surface area (Å²) >= 11 is 0. The number of guanidine groups is 1. The lowest BCUT2D eigenvalue weighted by Gasteiger charge is -2.18. The van der Waals surface area contributed by atoms with Gasteiger partial charge in [-0.2, -0.15) is 0 Å². The highest BCUT2D eigenvalue weighted by atomic mass is 16.1. The highest BCUT2D eigenvalue weighted by Gasteiger charge is 2.05. The summed E-state index contributed by atoms with van der Waals surface area (Å²) < 4.78 is 1.71. The summed E-state index contributed by atoms with van der Waals surface area (Å²) in [5.41, 5.74) is 2.31. The third-order valence-corrected chi connectivity index (χ3v) is 4.58. The van der Waals surface area contributed by atoms with Crippen molar-refractivity contribution >= 4 is 5.96 Å². The van der Waals surface area contributed by atoms with E-state index in [1.165, 1.54) is 24.8 Å². The lowest BCUT2D eigenvalue weighted by molar-refractivity contribution is 0.546. The van der Waals surface area contributed by atoms with Crippen LogP contribution in [0, 0.1) is 0 Å². The van der Waals surface area contributed by atoms with Crippen LogP contribution in [0.2, 0.25) is 0 Å². The van der Waals surface area contributed by atoms with Gasteiger partial charge in [-0.05, 0) is 30.5 Å². The molecule has 2 aromatic rings. The van der Waals surface area contributed by atoms with Gasteiger partial charge in [0.25, 0.3) is 5.56 Å². The quantitative estimate of drug-likeness (QED) is 0.404. The van der Waals surface area contributed by atoms with E-state index in [0.29, 0.717) is 19.1 Å². The van der Waals surface area contributed by atoms with Crippen molar-refractivity contribution in [2.75, 3.05) is 7.05 Å². The Morgan fingerprint density at radius 1 is 1.11 bits per heavy atom. The number of pyridine rings is 1. The van der Waals surface area contributed by atoms with E-state index in [9.17, 15) is 4.79 Å². The van der Waals surface area contributed by atoms with Gasteiger partial charge in [0.05, 0.1) is 6.54 Å². The molecule has 1 heterocycles. The molecular formula is C22H32N4O. The molecule has 0 aliphatic rings. The minimum Gasteiger partial charge on any atom is -0.354 e. The molecule has 146 valence electrons. The second-order valence-electron chi connectivity index (χ2n) is 6.95. The first kappa shape index (κ1) is 20.7. The van der Waals surface area contributed by atoms with Crippen LogP contribution in [0.15, 0.2) is 58.4 Å². The van der Waals surface area contributed by atoms with E-state index in [2.05, 4.69) is 53.7 Å². The van der Waals surface area contributed by atoms with Gasteiger partial charge in [-0.15, -0.1) is 0 Å². The maximum Gasteiger partial charge on any atom is 0.250 e. The lowest BCUT2D eigenvalue weighted by atomic mass is 10.1. The number of unbranched alkanes of at least 4 members (excludes halogenated alkanes) is 2. The third kappa shape index (κ3) is 7.29. The topological polar surface area (TPSA) is 58.4 Å². The molecule has 0 amide bonds. The summed E-state index contributed by atoms with van der Waals surface area (Å²) in [4.78, 5) is 16.1. The lowest BCUT2D eigenvalue weighted by Crippen LogP contribution is -2.41. The first-order chi connectivity index (χ1) is 13.1. The average molecular weight is 369 g/mol. The predicted octanol–water partition coefficient (Wildman–Crippen LogP) is 3.53. The summed E-state index contributed by atoms with van der Waals surface area (Å²) in [5, 5.41) is 6.82. The molecule has 0 bridgehead atoms. The minimum atomic E-state index is 0.0196. The largest absolute Gasteiger partial charge is 0.354 e. The standard InChI is InChI=1S/C22H32N4O/c1-4-5-6-9-18(2)25-22(23-3)24-16-19-11-13-20(14-12-19)17-26-15-8-7-10-21(26)27/h7-8,10-15,18H,4-6,9,16-17H2,1-3H3,(H2,23,24,25). The molecule has 0 fully saturated rings.